The first kappa shape index (κ1) is 18.4. The highest BCUT2D eigenvalue weighted by atomic mass is 16.1. The normalized spacial score (nSPS) is 15.1. The lowest BCUT2D eigenvalue weighted by atomic mass is 9.97. The molecule has 0 aliphatic carbocycles. The van der Waals surface area contributed by atoms with E-state index in [4.69, 9.17) is 4.99 Å². The fraction of sp³-hybridized carbons (Fsp3) is 0.200. The summed E-state index contributed by atoms with van der Waals surface area (Å²) in [4.78, 5) is 26.2. The first-order chi connectivity index (χ1) is 14.7. The van der Waals surface area contributed by atoms with Gasteiger partial charge in [0.1, 0.15) is 5.71 Å². The van der Waals surface area contributed by atoms with Crippen molar-refractivity contribution in [2.24, 2.45) is 9.98 Å². The minimum absolute atomic E-state index is 0.0860. The molecule has 2 aliphatic heterocycles. The van der Waals surface area contributed by atoms with Crippen molar-refractivity contribution in [1.82, 2.24) is 10.3 Å². The van der Waals surface area contributed by atoms with Crippen LogP contribution in [0.15, 0.2) is 77.0 Å². The number of carbonyl (C=O) groups is 1. The summed E-state index contributed by atoms with van der Waals surface area (Å²) in [7, 11) is 0. The van der Waals surface area contributed by atoms with Gasteiger partial charge in [-0.15, -0.1) is 0 Å². The van der Waals surface area contributed by atoms with Gasteiger partial charge < -0.3 is 5.32 Å². The zero-order valence-electron chi connectivity index (χ0n) is 16.8. The van der Waals surface area contributed by atoms with Crippen LogP contribution in [0, 0.1) is 0 Å². The van der Waals surface area contributed by atoms with E-state index in [-0.39, 0.29) is 11.8 Å². The number of carbonyl (C=O) groups excluding carboxylic acids is 1. The highest BCUT2D eigenvalue weighted by molar-refractivity contribution is 6.41. The lowest BCUT2D eigenvalue weighted by Gasteiger charge is -2.12. The van der Waals surface area contributed by atoms with Crippen LogP contribution < -0.4 is 5.32 Å². The Morgan fingerprint density at radius 3 is 2.67 bits per heavy atom. The van der Waals surface area contributed by atoms with Gasteiger partial charge in [0.2, 0.25) is 0 Å². The Kier molecular flexibility index (Phi) is 4.71. The monoisotopic (exact) mass is 394 g/mol. The van der Waals surface area contributed by atoms with Gasteiger partial charge in [0.05, 0.1) is 17.9 Å². The number of pyridine rings is 1. The van der Waals surface area contributed by atoms with Crippen molar-refractivity contribution in [3.8, 4) is 0 Å². The number of nitrogens with one attached hydrogen (secondary N) is 1. The summed E-state index contributed by atoms with van der Waals surface area (Å²) in [5, 5.41) is 3.05. The van der Waals surface area contributed by atoms with Gasteiger partial charge in [-0.25, -0.2) is 4.99 Å². The van der Waals surface area contributed by atoms with Gasteiger partial charge >= 0.3 is 0 Å². The highest BCUT2D eigenvalue weighted by Gasteiger charge is 2.26. The van der Waals surface area contributed by atoms with Crippen LogP contribution >= 0.6 is 0 Å². The predicted octanol–water partition coefficient (Wildman–Crippen LogP) is 3.98. The molecular weight excluding hydrogens is 372 g/mol. The highest BCUT2D eigenvalue weighted by Crippen LogP contribution is 2.34. The van der Waals surface area contributed by atoms with E-state index in [9.17, 15) is 4.79 Å². The quantitative estimate of drug-likeness (QED) is 0.711. The number of benzene rings is 2. The number of hydrogen-bond donors (Lipinski definition) is 1. The molecular formula is C25H22N4O. The maximum Gasteiger partial charge on any atom is 0.266 e. The first-order valence-corrected chi connectivity index (χ1v) is 10.2. The van der Waals surface area contributed by atoms with Gasteiger partial charge in [-0.3, -0.25) is 14.8 Å². The summed E-state index contributed by atoms with van der Waals surface area (Å²) < 4.78 is 0. The molecule has 1 aromatic heterocycles. The number of aliphatic imine (C=N–C) groups is 2. The van der Waals surface area contributed by atoms with E-state index in [1.54, 1.807) is 12.4 Å². The summed E-state index contributed by atoms with van der Waals surface area (Å²) >= 11 is 0. The summed E-state index contributed by atoms with van der Waals surface area (Å²) in [5.74, 6) is 0.166. The van der Waals surface area contributed by atoms with Crippen LogP contribution in [0.25, 0.3) is 0 Å². The van der Waals surface area contributed by atoms with Gasteiger partial charge in [-0.2, -0.15) is 0 Å². The second kappa shape index (κ2) is 7.67. The molecule has 0 unspecified atom stereocenters. The summed E-state index contributed by atoms with van der Waals surface area (Å²) in [5.41, 5.74) is 8.08. The molecule has 30 heavy (non-hydrogen) atoms. The molecule has 3 aromatic rings. The smallest absolute Gasteiger partial charge is 0.266 e. The van der Waals surface area contributed by atoms with Crippen molar-refractivity contribution in [1.29, 1.82) is 0 Å². The molecule has 1 N–H and O–H groups in total. The number of rotatable bonds is 5. The lowest BCUT2D eigenvalue weighted by molar-refractivity contribution is -0.114. The lowest BCUT2D eigenvalue weighted by Crippen LogP contribution is -2.33. The molecule has 3 heterocycles. The fourth-order valence-corrected chi connectivity index (χ4v) is 4.03. The molecule has 1 amide bonds. The minimum atomic E-state index is -0.0860. The molecule has 5 heteroatoms. The topological polar surface area (TPSA) is 66.7 Å². The molecule has 5 nitrogen and oxygen atoms in total. The maximum absolute atomic E-state index is 12.7. The molecule has 148 valence electrons. The van der Waals surface area contributed by atoms with E-state index in [2.05, 4.69) is 46.5 Å². The Labute approximate surface area is 175 Å². The van der Waals surface area contributed by atoms with Crippen molar-refractivity contribution in [3.63, 3.8) is 0 Å². The van der Waals surface area contributed by atoms with Crippen LogP contribution in [0.5, 0.6) is 0 Å². The average molecular weight is 394 g/mol. The molecule has 0 saturated carbocycles. The summed E-state index contributed by atoms with van der Waals surface area (Å²) in [6.07, 6.45) is 4.12. The Hall–Kier alpha value is -3.60. The van der Waals surface area contributed by atoms with Gasteiger partial charge in [0.15, 0.2) is 0 Å². The van der Waals surface area contributed by atoms with E-state index in [0.717, 1.165) is 28.1 Å². The van der Waals surface area contributed by atoms with Gasteiger partial charge in [0.25, 0.3) is 5.91 Å². The molecule has 1 atom stereocenters. The second-order valence-electron chi connectivity index (χ2n) is 7.80. The van der Waals surface area contributed by atoms with Crippen molar-refractivity contribution in [2.75, 3.05) is 6.54 Å². The fourth-order valence-electron chi connectivity index (χ4n) is 4.03. The third kappa shape index (κ3) is 3.43. The predicted molar refractivity (Wildman–Crippen MR) is 119 cm³/mol. The van der Waals surface area contributed by atoms with Crippen LogP contribution in [0.4, 0.5) is 5.69 Å². The summed E-state index contributed by atoms with van der Waals surface area (Å²) in [6, 6.07) is 18.4. The Balaban J connectivity index is 1.31. The van der Waals surface area contributed by atoms with E-state index in [0.29, 0.717) is 25.2 Å². The zero-order valence-corrected chi connectivity index (χ0v) is 16.8. The number of amides is 1. The largest absolute Gasteiger partial charge is 0.350 e. The van der Waals surface area contributed by atoms with Crippen molar-refractivity contribution in [3.05, 3.63) is 94.8 Å². The van der Waals surface area contributed by atoms with E-state index in [1.165, 1.54) is 11.1 Å². The number of nitrogens with zero attached hydrogens (tertiary/aromatic N) is 3. The van der Waals surface area contributed by atoms with Crippen LogP contribution in [-0.2, 0) is 17.8 Å². The van der Waals surface area contributed by atoms with Crippen molar-refractivity contribution in [2.45, 2.75) is 25.8 Å². The third-order valence-corrected chi connectivity index (χ3v) is 5.73. The van der Waals surface area contributed by atoms with Crippen LogP contribution in [-0.4, -0.2) is 28.9 Å². The molecule has 5 rings (SSSR count). The standard InChI is InChI=1S/C25H22N4O/c1-16(17-5-3-2-4-6-17)14-28-25(30)23-12-19-11-20-15-27-24(18-7-9-26-10-8-18)21(20)13-22(19)29-23/h2-11,13,16H,12,14-15H2,1H3,(H,28,30)/t16-/m1/s1. The summed E-state index contributed by atoms with van der Waals surface area (Å²) in [6.45, 7) is 3.37. The molecule has 0 bridgehead atoms. The molecule has 2 aliphatic rings. The number of aromatic nitrogens is 1. The van der Waals surface area contributed by atoms with Crippen LogP contribution in [0.3, 0.4) is 0 Å². The van der Waals surface area contributed by atoms with E-state index >= 15 is 0 Å². The Morgan fingerprint density at radius 2 is 1.87 bits per heavy atom. The number of hydrogen-bond acceptors (Lipinski definition) is 4. The molecule has 0 saturated heterocycles. The molecule has 0 radical (unpaired) electrons. The van der Waals surface area contributed by atoms with E-state index in [1.807, 2.05) is 30.3 Å². The van der Waals surface area contributed by atoms with Crippen LogP contribution in [0.1, 0.15) is 40.7 Å². The average Bonchev–Trinajstić information content (AvgIpc) is 3.40. The zero-order chi connectivity index (χ0) is 20.5. The first-order valence-electron chi connectivity index (χ1n) is 10.2. The van der Waals surface area contributed by atoms with E-state index < -0.39 is 0 Å². The van der Waals surface area contributed by atoms with Crippen LogP contribution in [0.2, 0.25) is 0 Å². The molecule has 0 fully saturated rings. The van der Waals surface area contributed by atoms with Crippen molar-refractivity contribution < 1.29 is 4.79 Å². The molecule has 0 spiro atoms. The second-order valence-corrected chi connectivity index (χ2v) is 7.80. The SMILES string of the molecule is C[C@H](CNC(=O)C1=Nc2cc3c(cc2C1)CN=C3c1ccncc1)c1ccccc1. The number of fused-ring (bicyclic) bond motifs is 2. The van der Waals surface area contributed by atoms with Crippen molar-refractivity contribution >= 4 is 23.0 Å². The van der Waals surface area contributed by atoms with Gasteiger partial charge in [0, 0.05) is 36.5 Å². The molecule has 2 aromatic carbocycles. The Bertz CT molecular complexity index is 1170. The minimum Gasteiger partial charge on any atom is -0.350 e. The van der Waals surface area contributed by atoms with Gasteiger partial charge in [-0.1, -0.05) is 43.3 Å². The Morgan fingerprint density at radius 1 is 1.07 bits per heavy atom. The third-order valence-electron chi connectivity index (χ3n) is 5.73. The maximum atomic E-state index is 12.7. The van der Waals surface area contributed by atoms with Gasteiger partial charge in [-0.05, 0) is 40.8 Å².